The first-order valence-corrected chi connectivity index (χ1v) is 24.6. The molecule has 0 bridgehead atoms. The van der Waals surface area contributed by atoms with E-state index in [-0.39, 0.29) is 94.8 Å². The van der Waals surface area contributed by atoms with E-state index in [1.165, 1.54) is 0 Å². The van der Waals surface area contributed by atoms with Crippen LogP contribution in [-0.4, -0.2) is 132 Å². The topological polar surface area (TPSA) is 430 Å². The maximum atomic E-state index is 14.4. The maximum Gasteiger partial charge on any atom is 0.326 e. The first kappa shape index (κ1) is 60.6. The van der Waals surface area contributed by atoms with Crippen LogP contribution < -0.4 is 71.2 Å². The first-order valence-electron chi connectivity index (χ1n) is 24.6. The van der Waals surface area contributed by atoms with Crippen molar-refractivity contribution in [2.45, 2.75) is 153 Å². The molecule has 6 amide bonds. The van der Waals surface area contributed by atoms with Crippen LogP contribution in [0, 0.1) is 22.7 Å². The Labute approximate surface area is 416 Å². The van der Waals surface area contributed by atoms with Gasteiger partial charge in [-0.25, -0.2) is 4.79 Å². The highest BCUT2D eigenvalue weighted by atomic mass is 16.4. The molecule has 7 atom stereocenters. The Balaban J connectivity index is 2.45. The van der Waals surface area contributed by atoms with Crippen LogP contribution in [0.4, 0.5) is 0 Å². The Morgan fingerprint density at radius 1 is 0.563 bits per heavy atom. The van der Waals surface area contributed by atoms with Crippen LogP contribution in [0.25, 0.3) is 10.9 Å². The molecule has 2 rings (SSSR count). The molecule has 1 heterocycles. The van der Waals surface area contributed by atoms with Gasteiger partial charge in [0.1, 0.15) is 36.3 Å². The molecule has 0 radical (unpaired) electrons. The number of nitrogens with two attached hydrogens (primary N) is 5. The lowest BCUT2D eigenvalue weighted by Crippen LogP contribution is -2.60. The molecule has 1 aromatic heterocycles. The summed E-state index contributed by atoms with van der Waals surface area (Å²) in [7, 11) is 0. The molecule has 0 aliphatic heterocycles. The molecule has 398 valence electrons. The predicted molar refractivity (Wildman–Crippen MR) is 272 cm³/mol. The van der Waals surface area contributed by atoms with Gasteiger partial charge in [0.2, 0.25) is 35.4 Å². The Morgan fingerprint density at radius 2 is 0.972 bits per heavy atom. The van der Waals surface area contributed by atoms with E-state index in [2.05, 4.69) is 47.5 Å². The molecule has 0 unspecified atom stereocenters. The van der Waals surface area contributed by atoms with Crippen LogP contribution >= 0.6 is 0 Å². The highest BCUT2D eigenvalue weighted by Gasteiger charge is 2.34. The summed E-state index contributed by atoms with van der Waals surface area (Å²) in [5, 5.41) is 47.2. The van der Waals surface area contributed by atoms with Crippen LogP contribution in [0.5, 0.6) is 0 Å². The monoisotopic (exact) mass is 999 g/mol. The number of aromatic nitrogens is 1. The normalized spacial score (nSPS) is 14.2. The summed E-state index contributed by atoms with van der Waals surface area (Å²) < 4.78 is 0. The van der Waals surface area contributed by atoms with Crippen LogP contribution in [0.15, 0.2) is 30.5 Å². The number of benzene rings is 1. The highest BCUT2D eigenvalue weighted by Crippen LogP contribution is 2.20. The number of carboxylic acids is 1. The molecule has 24 heteroatoms. The number of hydrogen-bond acceptors (Lipinski definition) is 12. The Morgan fingerprint density at radius 3 is 1.44 bits per heavy atom. The number of guanidine groups is 2. The fourth-order valence-electron chi connectivity index (χ4n) is 7.80. The zero-order valence-corrected chi connectivity index (χ0v) is 41.8. The van der Waals surface area contributed by atoms with Crippen LogP contribution in [0.3, 0.4) is 0 Å². The number of carbonyl (C=O) groups is 7. The van der Waals surface area contributed by atoms with Gasteiger partial charge in [-0.3, -0.25) is 39.6 Å². The quantitative estimate of drug-likeness (QED) is 0.0222. The second-order valence-electron chi connectivity index (χ2n) is 18.7. The number of carbonyl (C=O) groups excluding carboxylic acids is 6. The van der Waals surface area contributed by atoms with Crippen LogP contribution in [0.2, 0.25) is 0 Å². The summed E-state index contributed by atoms with van der Waals surface area (Å²) in [5.41, 5.74) is 30.1. The first-order chi connectivity index (χ1) is 33.7. The van der Waals surface area contributed by atoms with Crippen molar-refractivity contribution in [2.24, 2.45) is 40.5 Å². The number of rotatable bonds is 35. The minimum atomic E-state index is -1.33. The van der Waals surface area contributed by atoms with Gasteiger partial charge in [0, 0.05) is 36.6 Å². The zero-order valence-electron chi connectivity index (χ0n) is 41.8. The fourth-order valence-corrected chi connectivity index (χ4v) is 7.80. The largest absolute Gasteiger partial charge is 0.480 e. The van der Waals surface area contributed by atoms with E-state index in [0.29, 0.717) is 38.6 Å². The number of para-hydroxylation sites is 1. The smallest absolute Gasteiger partial charge is 0.326 e. The lowest BCUT2D eigenvalue weighted by Gasteiger charge is -2.28. The van der Waals surface area contributed by atoms with Gasteiger partial charge in [0.25, 0.3) is 0 Å². The van der Waals surface area contributed by atoms with Crippen molar-refractivity contribution >= 4 is 64.2 Å². The summed E-state index contributed by atoms with van der Waals surface area (Å²) in [5.74, 6) is -6.13. The third-order valence-electron chi connectivity index (χ3n) is 11.5. The second kappa shape index (κ2) is 32.4. The summed E-state index contributed by atoms with van der Waals surface area (Å²) in [6, 6.07) is -0.846. The zero-order chi connectivity index (χ0) is 53.0. The van der Waals surface area contributed by atoms with Gasteiger partial charge < -0.3 is 81.3 Å². The molecule has 71 heavy (non-hydrogen) atoms. The summed E-state index contributed by atoms with van der Waals surface area (Å²) in [6.07, 6.45) is 4.71. The fraction of sp³-hybridized carbons (Fsp3) is 0.638. The second-order valence-corrected chi connectivity index (χ2v) is 18.7. The number of carboxylic acid groups (broad SMARTS) is 1. The molecule has 22 N–H and O–H groups in total. The number of aromatic amines is 1. The van der Waals surface area contributed by atoms with Crippen molar-refractivity contribution in [3.63, 3.8) is 0 Å². The predicted octanol–water partition coefficient (Wildman–Crippen LogP) is -1.09. The number of fused-ring (bicyclic) bond motifs is 1. The SMILES string of the molecule is CC(C)C[C@H](NC(=O)[C@H](Cc1c[nH]c2ccccc12)NC(=O)[C@@H](N)CC(C)C)C(=O)N[C@@H](CCCNC(=N)N)C(=O)N[C@@H](CCCCN)C(=O)N[C@@H](CCCCN)C(=O)N[C@@H](CCCNC(=N)N)C(=O)O. The molecule has 0 saturated heterocycles. The van der Waals surface area contributed by atoms with Crippen molar-refractivity contribution in [3.8, 4) is 0 Å². The van der Waals surface area contributed by atoms with Crippen molar-refractivity contribution in [2.75, 3.05) is 26.2 Å². The van der Waals surface area contributed by atoms with E-state index in [1.807, 2.05) is 52.0 Å². The van der Waals surface area contributed by atoms with Gasteiger partial charge in [0.05, 0.1) is 6.04 Å². The van der Waals surface area contributed by atoms with Gasteiger partial charge in [-0.05, 0) is 114 Å². The van der Waals surface area contributed by atoms with E-state index < -0.39 is 83.7 Å². The van der Waals surface area contributed by atoms with Crippen molar-refractivity contribution < 1.29 is 38.7 Å². The maximum absolute atomic E-state index is 14.4. The molecule has 0 saturated carbocycles. The minimum absolute atomic E-state index is 0.00531. The van der Waals surface area contributed by atoms with Crippen molar-refractivity contribution in [1.29, 1.82) is 10.8 Å². The molecule has 1 aromatic carbocycles. The lowest BCUT2D eigenvalue weighted by molar-refractivity contribution is -0.142. The summed E-state index contributed by atoms with van der Waals surface area (Å²) in [6.45, 7) is 8.48. The molecule has 0 fully saturated rings. The van der Waals surface area contributed by atoms with E-state index in [9.17, 15) is 38.7 Å². The summed E-state index contributed by atoms with van der Waals surface area (Å²) in [4.78, 5) is 99.5. The van der Waals surface area contributed by atoms with Crippen LogP contribution in [-0.2, 0) is 40.0 Å². The van der Waals surface area contributed by atoms with Gasteiger partial charge in [-0.15, -0.1) is 0 Å². The number of unbranched alkanes of at least 4 members (excludes halogenated alkanes) is 2. The number of amides is 6. The minimum Gasteiger partial charge on any atom is -0.480 e. The molecule has 0 aliphatic rings. The molecule has 0 aliphatic carbocycles. The van der Waals surface area contributed by atoms with Crippen molar-refractivity contribution in [3.05, 3.63) is 36.0 Å². The third-order valence-corrected chi connectivity index (χ3v) is 11.5. The molecule has 0 spiro atoms. The number of nitrogens with one attached hydrogen (secondary N) is 11. The van der Waals surface area contributed by atoms with Crippen LogP contribution in [0.1, 0.15) is 110 Å². The number of hydrogen-bond donors (Lipinski definition) is 17. The summed E-state index contributed by atoms with van der Waals surface area (Å²) >= 11 is 0. The Bertz CT molecular complexity index is 2050. The van der Waals surface area contributed by atoms with Crippen molar-refractivity contribution in [1.82, 2.24) is 47.5 Å². The lowest BCUT2D eigenvalue weighted by atomic mass is 9.99. The van der Waals surface area contributed by atoms with Gasteiger partial charge in [-0.2, -0.15) is 0 Å². The van der Waals surface area contributed by atoms with Gasteiger partial charge in [-0.1, -0.05) is 45.9 Å². The van der Waals surface area contributed by atoms with E-state index in [1.54, 1.807) is 6.20 Å². The number of aliphatic carboxylic acids is 1. The van der Waals surface area contributed by atoms with Gasteiger partial charge >= 0.3 is 5.97 Å². The standard InChI is InChI=1S/C47H82N16O8/c1-27(2)23-31(50)39(64)62-38(25-29-26-57-32-14-6-5-13-30(29)32)44(69)63-37(24-28(3)4)43(68)60-35(17-11-21-55-46(51)52)41(66)58-33(15-7-9-19-48)40(65)59-34(16-8-10-20-49)42(67)61-36(45(70)71)18-12-22-56-47(53)54/h5-6,13-14,26-28,31,33-38,57H,7-12,15-25,48-50H2,1-4H3,(H,58,66)(H,59,65)(H,60,68)(H,61,67)(H,62,64)(H,63,69)(H,70,71)(H4,51,52,55)(H4,53,54,56)/t31-,33-,34-,35-,36-,37-,38-/m0/s1. The van der Waals surface area contributed by atoms with E-state index >= 15 is 0 Å². The Kier molecular flexibility index (Phi) is 27.6. The number of H-pyrrole nitrogens is 1. The Hall–Kier alpha value is -6.53. The highest BCUT2D eigenvalue weighted by molar-refractivity contribution is 5.97. The molecule has 2 aromatic rings. The van der Waals surface area contributed by atoms with E-state index in [0.717, 1.165) is 16.5 Å². The average Bonchev–Trinajstić information content (AvgIpc) is 3.71. The molecule has 24 nitrogen and oxygen atoms in total. The average molecular weight is 999 g/mol. The van der Waals surface area contributed by atoms with Gasteiger partial charge in [0.15, 0.2) is 11.9 Å². The molecular formula is C47H82N16O8. The molecular weight excluding hydrogens is 917 g/mol. The third kappa shape index (κ3) is 23.3. The van der Waals surface area contributed by atoms with E-state index in [4.69, 9.17) is 39.5 Å².